The first-order valence-corrected chi connectivity index (χ1v) is 4.94. The molecule has 0 bridgehead atoms. The van der Waals surface area contributed by atoms with Gasteiger partial charge in [-0.05, 0) is 25.5 Å². The van der Waals surface area contributed by atoms with Gasteiger partial charge in [0.05, 0.1) is 24.2 Å². The number of nitrogens with one attached hydrogen (secondary N) is 1. The van der Waals surface area contributed by atoms with Gasteiger partial charge in [-0.2, -0.15) is 5.10 Å². The van der Waals surface area contributed by atoms with E-state index in [-0.39, 0.29) is 0 Å². The fraction of sp³-hybridized carbons (Fsp3) is 0.364. The van der Waals surface area contributed by atoms with Crippen LogP contribution < -0.4 is 5.32 Å². The maximum Gasteiger partial charge on any atom is 0.125 e. The van der Waals surface area contributed by atoms with Gasteiger partial charge >= 0.3 is 0 Å². The van der Waals surface area contributed by atoms with Gasteiger partial charge in [-0.15, -0.1) is 0 Å². The van der Waals surface area contributed by atoms with E-state index in [4.69, 9.17) is 4.42 Å². The standard InChI is InChI=1S/C11H15N3O/c1-8-4-5-15-11(8)6-12-10-7-14(3)13-9(10)2/h4-5,7,12H,6H2,1-3H3. The molecule has 2 rings (SSSR count). The lowest BCUT2D eigenvalue weighted by Gasteiger charge is -2.02. The summed E-state index contributed by atoms with van der Waals surface area (Å²) in [6.45, 7) is 4.72. The molecule has 0 radical (unpaired) electrons. The van der Waals surface area contributed by atoms with Gasteiger partial charge in [-0.25, -0.2) is 0 Å². The summed E-state index contributed by atoms with van der Waals surface area (Å²) in [6, 6.07) is 1.97. The van der Waals surface area contributed by atoms with Crippen LogP contribution in [-0.4, -0.2) is 9.78 Å². The van der Waals surface area contributed by atoms with Gasteiger partial charge in [-0.3, -0.25) is 4.68 Å². The smallest absolute Gasteiger partial charge is 0.125 e. The molecule has 2 aromatic heterocycles. The quantitative estimate of drug-likeness (QED) is 0.835. The Morgan fingerprint density at radius 1 is 1.47 bits per heavy atom. The highest BCUT2D eigenvalue weighted by Gasteiger charge is 2.05. The van der Waals surface area contributed by atoms with Crippen LogP contribution in [0.2, 0.25) is 0 Å². The summed E-state index contributed by atoms with van der Waals surface area (Å²) in [4.78, 5) is 0. The van der Waals surface area contributed by atoms with Crippen molar-refractivity contribution in [1.29, 1.82) is 0 Å². The Hall–Kier alpha value is -1.71. The zero-order valence-corrected chi connectivity index (χ0v) is 9.24. The normalized spacial score (nSPS) is 10.6. The fourth-order valence-electron chi connectivity index (χ4n) is 1.53. The van der Waals surface area contributed by atoms with Crippen molar-refractivity contribution in [3.05, 3.63) is 35.5 Å². The molecular weight excluding hydrogens is 190 g/mol. The van der Waals surface area contributed by atoms with Crippen LogP contribution >= 0.6 is 0 Å². The van der Waals surface area contributed by atoms with Gasteiger partial charge in [0.2, 0.25) is 0 Å². The summed E-state index contributed by atoms with van der Waals surface area (Å²) in [7, 11) is 1.91. The lowest BCUT2D eigenvalue weighted by atomic mass is 10.3. The van der Waals surface area contributed by atoms with E-state index in [0.29, 0.717) is 6.54 Å². The number of furan rings is 1. The summed E-state index contributed by atoms with van der Waals surface area (Å²) in [5.41, 5.74) is 3.22. The first-order valence-electron chi connectivity index (χ1n) is 4.94. The van der Waals surface area contributed by atoms with Gasteiger partial charge < -0.3 is 9.73 Å². The van der Waals surface area contributed by atoms with Crippen LogP contribution in [0.1, 0.15) is 17.0 Å². The highest BCUT2D eigenvalue weighted by atomic mass is 16.3. The first-order chi connectivity index (χ1) is 7.16. The molecule has 0 amide bonds. The molecule has 4 nitrogen and oxygen atoms in total. The summed E-state index contributed by atoms with van der Waals surface area (Å²) >= 11 is 0. The number of aryl methyl sites for hydroxylation is 3. The monoisotopic (exact) mass is 205 g/mol. The highest BCUT2D eigenvalue weighted by Crippen LogP contribution is 2.15. The second kappa shape index (κ2) is 3.81. The lowest BCUT2D eigenvalue weighted by Crippen LogP contribution is -1.99. The van der Waals surface area contributed by atoms with Crippen molar-refractivity contribution in [2.75, 3.05) is 5.32 Å². The van der Waals surface area contributed by atoms with E-state index < -0.39 is 0 Å². The topological polar surface area (TPSA) is 43.0 Å². The average molecular weight is 205 g/mol. The Balaban J connectivity index is 2.05. The van der Waals surface area contributed by atoms with Crippen molar-refractivity contribution in [2.45, 2.75) is 20.4 Å². The minimum absolute atomic E-state index is 0.700. The number of anilines is 1. The molecule has 15 heavy (non-hydrogen) atoms. The van der Waals surface area contributed by atoms with E-state index in [0.717, 1.165) is 17.1 Å². The maximum atomic E-state index is 5.34. The Labute approximate surface area is 88.9 Å². The molecular formula is C11H15N3O. The van der Waals surface area contributed by atoms with E-state index in [1.54, 1.807) is 10.9 Å². The third-order valence-electron chi connectivity index (χ3n) is 2.42. The molecule has 1 N–H and O–H groups in total. The fourth-order valence-corrected chi connectivity index (χ4v) is 1.53. The largest absolute Gasteiger partial charge is 0.467 e. The predicted molar refractivity (Wildman–Crippen MR) is 58.7 cm³/mol. The molecule has 0 saturated carbocycles. The highest BCUT2D eigenvalue weighted by molar-refractivity contribution is 5.45. The van der Waals surface area contributed by atoms with Crippen molar-refractivity contribution < 1.29 is 4.42 Å². The lowest BCUT2D eigenvalue weighted by molar-refractivity contribution is 0.515. The van der Waals surface area contributed by atoms with Crippen LogP contribution in [0.25, 0.3) is 0 Å². The second-order valence-corrected chi connectivity index (χ2v) is 3.68. The Morgan fingerprint density at radius 2 is 2.27 bits per heavy atom. The number of hydrogen-bond donors (Lipinski definition) is 1. The minimum atomic E-state index is 0.700. The summed E-state index contributed by atoms with van der Waals surface area (Å²) in [5, 5.41) is 7.56. The van der Waals surface area contributed by atoms with Gasteiger partial charge in [0.25, 0.3) is 0 Å². The molecule has 0 aromatic carbocycles. The van der Waals surface area contributed by atoms with Crippen LogP contribution in [0, 0.1) is 13.8 Å². The number of hydrogen-bond acceptors (Lipinski definition) is 3. The molecule has 4 heteroatoms. The van der Waals surface area contributed by atoms with E-state index in [1.807, 2.05) is 33.2 Å². The summed E-state index contributed by atoms with van der Waals surface area (Å²) < 4.78 is 7.14. The maximum absolute atomic E-state index is 5.34. The van der Waals surface area contributed by atoms with Crippen LogP contribution in [0.3, 0.4) is 0 Å². The van der Waals surface area contributed by atoms with Crippen LogP contribution in [0.5, 0.6) is 0 Å². The van der Waals surface area contributed by atoms with Gasteiger partial charge in [0.1, 0.15) is 5.76 Å². The molecule has 0 atom stereocenters. The molecule has 0 fully saturated rings. The van der Waals surface area contributed by atoms with E-state index >= 15 is 0 Å². The molecule has 0 aliphatic rings. The molecule has 0 spiro atoms. The number of rotatable bonds is 3. The average Bonchev–Trinajstić information content (AvgIpc) is 2.70. The van der Waals surface area contributed by atoms with Crippen LogP contribution in [0.15, 0.2) is 22.9 Å². The van der Waals surface area contributed by atoms with Crippen LogP contribution in [-0.2, 0) is 13.6 Å². The van der Waals surface area contributed by atoms with Crippen molar-refractivity contribution in [2.24, 2.45) is 7.05 Å². The summed E-state index contributed by atoms with van der Waals surface area (Å²) in [6.07, 6.45) is 3.68. The third-order valence-corrected chi connectivity index (χ3v) is 2.42. The molecule has 0 aliphatic carbocycles. The number of nitrogens with zero attached hydrogens (tertiary/aromatic N) is 2. The van der Waals surface area contributed by atoms with Crippen molar-refractivity contribution in [1.82, 2.24) is 9.78 Å². The van der Waals surface area contributed by atoms with E-state index in [9.17, 15) is 0 Å². The van der Waals surface area contributed by atoms with Gasteiger partial charge in [0.15, 0.2) is 0 Å². The van der Waals surface area contributed by atoms with Crippen LogP contribution in [0.4, 0.5) is 5.69 Å². The molecule has 0 aliphatic heterocycles. The minimum Gasteiger partial charge on any atom is -0.467 e. The zero-order chi connectivity index (χ0) is 10.8. The zero-order valence-electron chi connectivity index (χ0n) is 9.24. The van der Waals surface area contributed by atoms with Crippen molar-refractivity contribution in [3.63, 3.8) is 0 Å². The first kappa shape index (κ1) is 9.83. The number of aromatic nitrogens is 2. The van der Waals surface area contributed by atoms with Gasteiger partial charge in [0, 0.05) is 13.2 Å². The summed E-state index contributed by atoms with van der Waals surface area (Å²) in [5.74, 6) is 0.971. The Bertz CT molecular complexity index is 456. The second-order valence-electron chi connectivity index (χ2n) is 3.68. The molecule has 0 saturated heterocycles. The SMILES string of the molecule is Cc1ccoc1CNc1cn(C)nc1C. The third kappa shape index (κ3) is 2.03. The Kier molecular flexibility index (Phi) is 2.49. The van der Waals surface area contributed by atoms with Gasteiger partial charge in [-0.1, -0.05) is 0 Å². The van der Waals surface area contributed by atoms with E-state index in [1.165, 1.54) is 5.56 Å². The van der Waals surface area contributed by atoms with Crippen molar-refractivity contribution >= 4 is 5.69 Å². The van der Waals surface area contributed by atoms with E-state index in [2.05, 4.69) is 10.4 Å². The predicted octanol–water partition coefficient (Wildman–Crippen LogP) is 2.24. The molecule has 2 aromatic rings. The Morgan fingerprint density at radius 3 is 2.80 bits per heavy atom. The molecule has 2 heterocycles. The molecule has 0 unspecified atom stereocenters. The van der Waals surface area contributed by atoms with Crippen molar-refractivity contribution in [3.8, 4) is 0 Å². The molecule has 80 valence electrons.